The number of allylic oxidation sites excluding steroid dienone is 2. The van der Waals surface area contributed by atoms with Gasteiger partial charge in [-0.3, -0.25) is 4.79 Å². The van der Waals surface area contributed by atoms with Crippen LogP contribution in [0, 0.1) is 0 Å². The third-order valence-corrected chi connectivity index (χ3v) is 2.56. The van der Waals surface area contributed by atoms with Gasteiger partial charge in [0.15, 0.2) is 0 Å². The van der Waals surface area contributed by atoms with Crippen molar-refractivity contribution in [1.82, 2.24) is 4.90 Å². The van der Waals surface area contributed by atoms with Gasteiger partial charge in [0.1, 0.15) is 0 Å². The summed E-state index contributed by atoms with van der Waals surface area (Å²) in [5.74, 6) is -1.36. The average Bonchev–Trinajstić information content (AvgIpc) is 2.26. The molecule has 0 saturated carbocycles. The van der Waals surface area contributed by atoms with Gasteiger partial charge in [-0.05, 0) is 33.1 Å². The second-order valence-electron chi connectivity index (χ2n) is 3.81. The van der Waals surface area contributed by atoms with Crippen molar-refractivity contribution in [2.24, 2.45) is 0 Å². The number of carbonyl (C=O) groups is 2. The zero-order valence-electron chi connectivity index (χ0n) is 11.2. The van der Waals surface area contributed by atoms with Crippen LogP contribution in [0.1, 0.15) is 39.5 Å². The first-order chi connectivity index (χ1) is 7.50. The fourth-order valence-electron chi connectivity index (χ4n) is 1.26. The van der Waals surface area contributed by atoms with E-state index in [4.69, 9.17) is 0 Å². The number of carboxylic acids is 1. The molecule has 0 saturated heterocycles. The average molecular weight is 265 g/mol. The van der Waals surface area contributed by atoms with Crippen LogP contribution in [0.3, 0.4) is 0 Å². The maximum Gasteiger partial charge on any atom is 1.00 e. The van der Waals surface area contributed by atoms with Crippen molar-refractivity contribution in [3.05, 3.63) is 12.2 Å². The second-order valence-corrected chi connectivity index (χ2v) is 3.81. The summed E-state index contributed by atoms with van der Waals surface area (Å²) in [4.78, 5) is 23.3. The smallest absolute Gasteiger partial charge is 0.548 e. The number of aliphatic carboxylic acids is 1. The minimum Gasteiger partial charge on any atom is -0.548 e. The van der Waals surface area contributed by atoms with E-state index in [9.17, 15) is 14.7 Å². The zero-order valence-corrected chi connectivity index (χ0v) is 14.4. The van der Waals surface area contributed by atoms with Crippen LogP contribution in [-0.4, -0.2) is 29.9 Å². The molecule has 0 aliphatic heterocycles. The third kappa shape index (κ3) is 8.96. The summed E-state index contributed by atoms with van der Waals surface area (Å²) in [6, 6.07) is -0.858. The number of nitrogens with zero attached hydrogens (tertiary/aromatic N) is 1. The van der Waals surface area contributed by atoms with E-state index in [0.717, 1.165) is 19.3 Å². The Bertz CT molecular complexity index is 266. The van der Waals surface area contributed by atoms with Crippen molar-refractivity contribution in [2.75, 3.05) is 7.05 Å². The maximum absolute atomic E-state index is 11.5. The minimum atomic E-state index is -1.22. The molecule has 17 heavy (non-hydrogen) atoms. The van der Waals surface area contributed by atoms with E-state index in [1.807, 2.05) is 13.0 Å². The molecule has 4 nitrogen and oxygen atoms in total. The van der Waals surface area contributed by atoms with Crippen LogP contribution < -0.4 is 56.5 Å². The molecule has 0 rings (SSSR count). The van der Waals surface area contributed by atoms with Crippen molar-refractivity contribution >= 4 is 11.9 Å². The standard InChI is InChI=1S/C12H21NO3.K/c1-4-5-6-7-8-9-11(14)13(3)10(2)12(15)16;/h4-5,10H,6-9H2,1-3H3,(H,15,16);/q;+1/p-1/b5-4+;. The summed E-state index contributed by atoms with van der Waals surface area (Å²) >= 11 is 0. The van der Waals surface area contributed by atoms with Crippen LogP contribution in [0.2, 0.25) is 0 Å². The predicted molar refractivity (Wildman–Crippen MR) is 60.5 cm³/mol. The molecule has 0 fully saturated rings. The van der Waals surface area contributed by atoms with Crippen molar-refractivity contribution in [3.8, 4) is 0 Å². The van der Waals surface area contributed by atoms with Gasteiger partial charge in [0.25, 0.3) is 0 Å². The van der Waals surface area contributed by atoms with Gasteiger partial charge in [-0.15, -0.1) is 0 Å². The van der Waals surface area contributed by atoms with Crippen molar-refractivity contribution in [1.29, 1.82) is 0 Å². The van der Waals surface area contributed by atoms with E-state index >= 15 is 0 Å². The molecule has 0 spiro atoms. The Balaban J connectivity index is 0. The monoisotopic (exact) mass is 265 g/mol. The molecule has 0 aliphatic rings. The number of amides is 1. The number of carbonyl (C=O) groups excluding carboxylic acids is 2. The summed E-state index contributed by atoms with van der Waals surface area (Å²) in [5, 5.41) is 10.5. The van der Waals surface area contributed by atoms with Gasteiger partial charge in [0, 0.05) is 13.5 Å². The predicted octanol–water partition coefficient (Wildman–Crippen LogP) is -2.28. The Morgan fingerprint density at radius 2 is 1.94 bits per heavy atom. The first-order valence-corrected chi connectivity index (χ1v) is 5.58. The molecule has 0 aromatic heterocycles. The molecule has 0 bridgehead atoms. The fraction of sp³-hybridized carbons (Fsp3) is 0.667. The van der Waals surface area contributed by atoms with Crippen molar-refractivity contribution < 1.29 is 66.1 Å². The van der Waals surface area contributed by atoms with Crippen LogP contribution in [-0.2, 0) is 9.59 Å². The quantitative estimate of drug-likeness (QED) is 0.296. The summed E-state index contributed by atoms with van der Waals surface area (Å²) in [5.41, 5.74) is 0. The zero-order chi connectivity index (χ0) is 12.6. The van der Waals surface area contributed by atoms with Crippen LogP contribution in [0.4, 0.5) is 0 Å². The van der Waals surface area contributed by atoms with E-state index in [1.54, 1.807) is 0 Å². The molecule has 0 aliphatic carbocycles. The van der Waals surface area contributed by atoms with Crippen LogP contribution in [0.15, 0.2) is 12.2 Å². The molecule has 0 heterocycles. The third-order valence-electron chi connectivity index (χ3n) is 2.56. The molecule has 92 valence electrons. The SMILES string of the molecule is C/C=C/CCCCC(=O)N(C)C(C)C(=O)[O-].[K+]. The number of unbranched alkanes of at least 4 members (excludes halogenated alkanes) is 2. The summed E-state index contributed by atoms with van der Waals surface area (Å²) < 4.78 is 0. The van der Waals surface area contributed by atoms with Crippen LogP contribution in [0.5, 0.6) is 0 Å². The van der Waals surface area contributed by atoms with Gasteiger partial charge in [-0.2, -0.15) is 0 Å². The Kier molecular flexibility index (Phi) is 13.2. The van der Waals surface area contributed by atoms with Crippen LogP contribution >= 0.6 is 0 Å². The topological polar surface area (TPSA) is 60.4 Å². The van der Waals surface area contributed by atoms with Gasteiger partial charge >= 0.3 is 51.4 Å². The maximum atomic E-state index is 11.5. The minimum absolute atomic E-state index is 0. The molecule has 0 aromatic carbocycles. The molecular formula is C12H20KNO3. The number of carboxylic acid groups (broad SMARTS) is 1. The molecular weight excluding hydrogens is 245 g/mol. The summed E-state index contributed by atoms with van der Waals surface area (Å²) in [6.07, 6.45) is 7.12. The van der Waals surface area contributed by atoms with Gasteiger partial charge in [0.05, 0.1) is 12.0 Å². The number of likely N-dealkylation sites (N-methyl/N-ethyl adjacent to an activating group) is 1. The van der Waals surface area contributed by atoms with E-state index in [2.05, 4.69) is 6.08 Å². The number of hydrogen-bond donors (Lipinski definition) is 0. The van der Waals surface area contributed by atoms with E-state index in [0.29, 0.717) is 6.42 Å². The van der Waals surface area contributed by atoms with E-state index < -0.39 is 12.0 Å². The van der Waals surface area contributed by atoms with E-state index in [-0.39, 0.29) is 57.3 Å². The molecule has 1 unspecified atom stereocenters. The van der Waals surface area contributed by atoms with Gasteiger partial charge in [-0.1, -0.05) is 12.2 Å². The Labute approximate surface area is 146 Å². The van der Waals surface area contributed by atoms with Crippen molar-refractivity contribution in [2.45, 2.75) is 45.6 Å². The first kappa shape index (κ1) is 19.7. The summed E-state index contributed by atoms with van der Waals surface area (Å²) in [7, 11) is 1.49. The molecule has 0 N–H and O–H groups in total. The Hall–Kier alpha value is 0.316. The van der Waals surface area contributed by atoms with Crippen LogP contribution in [0.25, 0.3) is 0 Å². The first-order valence-electron chi connectivity index (χ1n) is 5.58. The molecule has 5 heteroatoms. The van der Waals surface area contributed by atoms with Gasteiger partial charge < -0.3 is 14.8 Å². The normalized spacial score (nSPS) is 11.9. The molecule has 1 amide bonds. The fourth-order valence-corrected chi connectivity index (χ4v) is 1.26. The number of rotatable bonds is 7. The molecule has 0 aromatic rings. The van der Waals surface area contributed by atoms with E-state index in [1.165, 1.54) is 18.9 Å². The Morgan fingerprint density at radius 1 is 1.35 bits per heavy atom. The second kappa shape index (κ2) is 11.4. The Morgan fingerprint density at radius 3 is 2.41 bits per heavy atom. The largest absolute Gasteiger partial charge is 1.00 e. The van der Waals surface area contributed by atoms with Gasteiger partial charge in [-0.25, -0.2) is 0 Å². The summed E-state index contributed by atoms with van der Waals surface area (Å²) in [6.45, 7) is 3.41. The molecule has 1 atom stereocenters. The van der Waals surface area contributed by atoms with Gasteiger partial charge in [0.2, 0.25) is 5.91 Å². The molecule has 0 radical (unpaired) electrons. The van der Waals surface area contributed by atoms with Crippen molar-refractivity contribution in [3.63, 3.8) is 0 Å². The number of hydrogen-bond acceptors (Lipinski definition) is 3.